The number of aromatic nitrogens is 8. The maximum Gasteiger partial charge on any atom is 0.267 e. The summed E-state index contributed by atoms with van der Waals surface area (Å²) in [4.78, 5) is 59.1. The van der Waals surface area contributed by atoms with Crippen molar-refractivity contribution in [3.8, 4) is 0 Å². The number of fused-ring (bicyclic) bond motifs is 4. The lowest BCUT2D eigenvalue weighted by Gasteiger charge is -2.25. The van der Waals surface area contributed by atoms with Crippen LogP contribution in [0.3, 0.4) is 0 Å². The predicted octanol–water partition coefficient (Wildman–Crippen LogP) is 18.6. The van der Waals surface area contributed by atoms with E-state index in [2.05, 4.69) is 60.8 Å². The Balaban J connectivity index is 0.000000132. The van der Waals surface area contributed by atoms with Gasteiger partial charge in [-0.3, -0.25) is 57.5 Å². The van der Waals surface area contributed by atoms with Gasteiger partial charge in [0, 0.05) is 158 Å². The largest absolute Gasteiger partial charge is 0.297 e. The molecular formula is C94H99Cl7F4N16O12S4. The first-order chi connectivity index (χ1) is 64.6. The van der Waals surface area contributed by atoms with Crippen LogP contribution >= 0.6 is 81.2 Å². The van der Waals surface area contributed by atoms with Gasteiger partial charge in [0.25, 0.3) is 23.6 Å². The monoisotopic (exact) mass is 2090 g/mol. The molecule has 0 radical (unpaired) electrons. The molecule has 3 saturated carbocycles. The third kappa shape index (κ3) is 22.8. The number of amides is 4. The summed E-state index contributed by atoms with van der Waals surface area (Å²) in [6, 6.07) is 33.4. The summed E-state index contributed by atoms with van der Waals surface area (Å²) < 4.78 is 170. The molecule has 7 fully saturated rings. The van der Waals surface area contributed by atoms with Gasteiger partial charge in [0.15, 0.2) is 0 Å². The highest BCUT2D eigenvalue weighted by Crippen LogP contribution is 2.42. The normalized spacial score (nSPS) is 19.2. The minimum atomic E-state index is -3.81. The van der Waals surface area contributed by atoms with Crippen molar-refractivity contribution in [2.45, 2.75) is 184 Å². The van der Waals surface area contributed by atoms with Gasteiger partial charge in [-0.1, -0.05) is 87.3 Å². The van der Waals surface area contributed by atoms with E-state index in [0.717, 1.165) is 98.5 Å². The van der Waals surface area contributed by atoms with Crippen molar-refractivity contribution in [1.82, 2.24) is 77.6 Å². The van der Waals surface area contributed by atoms with E-state index in [4.69, 9.17) is 81.2 Å². The average molecular weight is 2100 g/mol. The maximum atomic E-state index is 15.0. The Labute approximate surface area is 825 Å². The summed E-state index contributed by atoms with van der Waals surface area (Å²) in [6.07, 6.45) is 7.24. The third-order valence-corrected chi connectivity index (χ3v) is 34.0. The number of hydrogen-bond acceptors (Lipinski definition) is 20. The zero-order valence-corrected chi connectivity index (χ0v) is 84.4. The van der Waals surface area contributed by atoms with Crippen LogP contribution < -0.4 is 18.9 Å². The Morgan fingerprint density at radius 2 is 0.613 bits per heavy atom. The lowest BCUT2D eigenvalue weighted by molar-refractivity contribution is 0.0968. The third-order valence-electron chi connectivity index (χ3n) is 26.4. The summed E-state index contributed by atoms with van der Waals surface area (Å²) in [7, 11) is -15.1. The van der Waals surface area contributed by atoms with Gasteiger partial charge in [0.05, 0.1) is 113 Å². The molecule has 4 saturated heterocycles. The molecule has 3 aliphatic carbocycles. The van der Waals surface area contributed by atoms with Crippen molar-refractivity contribution in [1.29, 1.82) is 0 Å². The van der Waals surface area contributed by atoms with Gasteiger partial charge in [-0.25, -0.2) is 70.1 Å². The molecular weight excluding hydrogens is 2000 g/mol. The van der Waals surface area contributed by atoms with E-state index in [1.807, 2.05) is 96.7 Å². The Hall–Kier alpha value is -9.09. The topological polar surface area (TPSA) is 337 Å². The number of nitrogens with zero attached hydrogens (tertiary/aromatic N) is 12. The maximum absolute atomic E-state index is 15.0. The molecule has 0 bridgehead atoms. The molecule has 8 aromatic carbocycles. The van der Waals surface area contributed by atoms with Crippen LogP contribution in [-0.4, -0.2) is 190 Å². The quantitative estimate of drug-likeness (QED) is 0.0432. The van der Waals surface area contributed by atoms with Crippen molar-refractivity contribution in [3.05, 3.63) is 253 Å². The summed E-state index contributed by atoms with van der Waals surface area (Å²) in [5.41, 5.74) is 9.10. The number of benzene rings is 8. The van der Waals surface area contributed by atoms with E-state index in [1.54, 1.807) is 48.4 Å². The number of halogens is 11. The SMILES string of the molecule is Cc1cc(Cl)ccc1CN1CC[C@@H](n2nc(C)c3cc(C(=O)NS(=O)(=O)C4CC4)c(F)cc32)C1.Cc1nn([C@@H]2CCN([C@@H](C)c3cc(Cl)cc(Cl)c3)C2)c2cc(F)c(C(=O)NS(=O)(=O)C3CC3)cc12.Cc1nn([C@@H]2CCN([C@@H](C)c3cc(Cl)cc(Cl)c3)C2)c2cc(F)c(C(=O)NS(C)(=O)=O)cc12.Cc1nn([C@@H]2CCN([C@H](C)c3cc(Cl)cc(Cl)c3)C2)c2cc(F)c(C(=O)NS(=O)(=O)C3CC3)cc12. The molecule has 4 aromatic heterocycles. The smallest absolute Gasteiger partial charge is 0.267 e. The Bertz CT molecular complexity index is 7070. The zero-order chi connectivity index (χ0) is 98.4. The molecule has 0 unspecified atom stereocenters. The molecule has 19 rings (SSSR count). The van der Waals surface area contributed by atoms with E-state index in [9.17, 15) is 61.6 Å². The highest BCUT2D eigenvalue weighted by atomic mass is 35.5. The summed E-state index contributed by atoms with van der Waals surface area (Å²) >= 11 is 43.1. The van der Waals surface area contributed by atoms with E-state index in [0.29, 0.717) is 155 Å². The lowest BCUT2D eigenvalue weighted by atomic mass is 10.1. The van der Waals surface area contributed by atoms with Crippen LogP contribution in [-0.2, 0) is 46.6 Å². The molecule has 8 heterocycles. The molecule has 7 atom stereocenters. The molecule has 4 amide bonds. The first kappa shape index (κ1) is 101. The molecule has 4 N–H and O–H groups in total. The number of likely N-dealkylation sites (tertiary alicyclic amines) is 4. The first-order valence-electron chi connectivity index (χ1n) is 44.6. The molecule has 728 valence electrons. The minimum Gasteiger partial charge on any atom is -0.297 e. The summed E-state index contributed by atoms with van der Waals surface area (Å²) in [6.45, 7) is 22.5. The van der Waals surface area contributed by atoms with Crippen LogP contribution in [0.15, 0.2) is 121 Å². The fourth-order valence-electron chi connectivity index (χ4n) is 18.5. The van der Waals surface area contributed by atoms with E-state index >= 15 is 8.78 Å². The van der Waals surface area contributed by atoms with Gasteiger partial charge >= 0.3 is 0 Å². The highest BCUT2D eigenvalue weighted by molar-refractivity contribution is 7.91. The van der Waals surface area contributed by atoms with Crippen LogP contribution in [0.2, 0.25) is 35.2 Å². The Morgan fingerprint density at radius 1 is 0.350 bits per heavy atom. The van der Waals surface area contributed by atoms with Crippen molar-refractivity contribution in [3.63, 3.8) is 0 Å². The van der Waals surface area contributed by atoms with Gasteiger partial charge in [-0.2, -0.15) is 20.4 Å². The molecule has 7 aliphatic rings. The zero-order valence-electron chi connectivity index (χ0n) is 75.8. The number of rotatable bonds is 23. The minimum absolute atomic E-state index is 0.00778. The standard InChI is InChI=1S/2C24H25Cl2FN4O3S.C24H26ClFN4O3S.C22H23Cl2FN4O3S/c2*1-13-20-10-21(24(32)29-35(33,34)19-3-4-19)22(27)11-23(20)31(28-13)18-5-6-30(12-18)14(2)15-7-16(25)9-17(26)8-15;1-14-9-17(25)4-3-16(14)12-29-8-7-18(13-29)30-23-11-22(26)21(10-20(23)15(2)27-30)24(31)28-34(32,33)19-5-6-19;1-12-18-9-19(22(30)27-33(3,31)32)20(25)10-21(18)29(26-12)17-4-5-28(11-17)13(2)14-6-15(23)8-16(24)7-14/h2*7-11,14,18-19H,3-6,12H2,1-2H3,(H,29,32);3-4,9-11,18-19H,5-8,12-13H2,1-2H3,(H,28,31);6-10,13,17H,4-5,11H2,1-3H3,(H,27,30)/t14-,18+;14-,18-;18-;13-,17+/m0110/s1. The molecule has 0 spiro atoms. The Morgan fingerprint density at radius 3 is 0.876 bits per heavy atom. The summed E-state index contributed by atoms with van der Waals surface area (Å²) in [5.74, 6) is -6.98. The number of hydrogen-bond donors (Lipinski definition) is 4. The lowest BCUT2D eigenvalue weighted by Crippen LogP contribution is -2.33. The van der Waals surface area contributed by atoms with Crippen molar-refractivity contribution < 1.29 is 70.4 Å². The number of aryl methyl sites for hydroxylation is 5. The second-order valence-corrected chi connectivity index (χ2v) is 47.1. The van der Waals surface area contributed by atoms with Crippen molar-refractivity contribution in [2.75, 3.05) is 58.6 Å². The molecule has 4 aliphatic heterocycles. The first-order valence-corrected chi connectivity index (χ1v) is 53.8. The number of sulfonamides is 4. The average Bonchev–Trinajstić information content (AvgIpc) is 1.63. The Kier molecular flexibility index (Phi) is 29.5. The molecule has 43 heteroatoms. The highest BCUT2D eigenvalue weighted by Gasteiger charge is 2.42. The van der Waals surface area contributed by atoms with Crippen LogP contribution in [0.1, 0.15) is 219 Å². The van der Waals surface area contributed by atoms with Crippen LogP contribution in [0.4, 0.5) is 17.6 Å². The predicted molar refractivity (Wildman–Crippen MR) is 524 cm³/mol. The van der Waals surface area contributed by atoms with Crippen molar-refractivity contribution in [2.24, 2.45) is 0 Å². The fourth-order valence-corrected chi connectivity index (χ4v) is 24.7. The van der Waals surface area contributed by atoms with Gasteiger partial charge in [-0.15, -0.1) is 0 Å². The van der Waals surface area contributed by atoms with E-state index in [1.165, 1.54) is 54.1 Å². The second kappa shape index (κ2) is 40.1. The van der Waals surface area contributed by atoms with E-state index < -0.39 is 103 Å². The molecule has 137 heavy (non-hydrogen) atoms. The van der Waals surface area contributed by atoms with Gasteiger partial charge in [0.2, 0.25) is 40.1 Å². The fraction of sp³-hybridized carbons (Fsp3) is 0.404. The number of carbonyl (C=O) groups excluding carboxylic acids is 4. The number of nitrogens with one attached hydrogen (secondary N) is 4. The van der Waals surface area contributed by atoms with Crippen LogP contribution in [0.5, 0.6) is 0 Å². The molecule has 28 nitrogen and oxygen atoms in total. The van der Waals surface area contributed by atoms with E-state index in [-0.39, 0.29) is 64.5 Å². The second-order valence-electron chi connectivity index (χ2n) is 36.4. The molecule has 12 aromatic rings. The summed E-state index contributed by atoms with van der Waals surface area (Å²) in [5, 5.41) is 23.6. The number of carbonyl (C=O) groups is 4. The van der Waals surface area contributed by atoms with Gasteiger partial charge in [0.1, 0.15) is 23.3 Å². The van der Waals surface area contributed by atoms with Crippen molar-refractivity contribution >= 4 is 189 Å². The van der Waals surface area contributed by atoms with Crippen LogP contribution in [0, 0.1) is 57.9 Å². The van der Waals surface area contributed by atoms with Gasteiger partial charge in [-0.05, 0) is 238 Å². The van der Waals surface area contributed by atoms with Crippen LogP contribution in [0.25, 0.3) is 43.6 Å². The van der Waals surface area contributed by atoms with Gasteiger partial charge < -0.3 is 0 Å².